The van der Waals surface area contributed by atoms with E-state index in [0.717, 1.165) is 0 Å². The lowest BCUT2D eigenvalue weighted by atomic mass is 9.74. The van der Waals surface area contributed by atoms with Crippen LogP contribution < -0.4 is 4.90 Å². The summed E-state index contributed by atoms with van der Waals surface area (Å²) in [5, 5.41) is 9.72. The van der Waals surface area contributed by atoms with Gasteiger partial charge in [0.2, 0.25) is 5.91 Å². The molecule has 0 radical (unpaired) electrons. The molecule has 4 aliphatic heterocycles. The minimum atomic E-state index is -1.34. The third-order valence-electron chi connectivity index (χ3n) is 7.47. The fourth-order valence-electron chi connectivity index (χ4n) is 6.01. The number of carbonyl (C=O) groups is 3. The van der Waals surface area contributed by atoms with Crippen molar-refractivity contribution >= 4 is 35.1 Å². The maximum absolute atomic E-state index is 14.2. The number of aliphatic hydroxyl groups is 1. The van der Waals surface area contributed by atoms with Crippen molar-refractivity contribution in [1.29, 1.82) is 0 Å². The summed E-state index contributed by atoms with van der Waals surface area (Å²) in [6, 6.07) is 6.08. The third-order valence-corrected chi connectivity index (χ3v) is 7.79. The van der Waals surface area contributed by atoms with Crippen LogP contribution in [0.2, 0.25) is 5.02 Å². The zero-order chi connectivity index (χ0) is 24.8. The van der Waals surface area contributed by atoms with E-state index in [4.69, 9.17) is 21.1 Å². The number of esters is 1. The molecule has 1 unspecified atom stereocenters. The van der Waals surface area contributed by atoms with Gasteiger partial charge in [0.25, 0.3) is 5.91 Å². The largest absolute Gasteiger partial charge is 0.465 e. The number of hydrogen-bond acceptors (Lipinski definition) is 6. The lowest BCUT2D eigenvalue weighted by Gasteiger charge is -2.37. The van der Waals surface area contributed by atoms with E-state index in [0.29, 0.717) is 30.0 Å². The molecule has 0 bridgehead atoms. The summed E-state index contributed by atoms with van der Waals surface area (Å²) in [6.07, 6.45) is 8.88. The van der Waals surface area contributed by atoms with Crippen molar-refractivity contribution in [2.45, 2.75) is 43.4 Å². The summed E-state index contributed by atoms with van der Waals surface area (Å²) >= 11 is 6.45. The van der Waals surface area contributed by atoms with E-state index in [2.05, 4.69) is 0 Å². The highest BCUT2D eigenvalue weighted by Crippen LogP contribution is 2.57. The lowest BCUT2D eigenvalue weighted by Crippen LogP contribution is -2.56. The normalized spacial score (nSPS) is 34.1. The molecular formula is C26H29ClN2O6. The molecule has 8 nitrogen and oxygen atoms in total. The van der Waals surface area contributed by atoms with Gasteiger partial charge in [-0.1, -0.05) is 48.0 Å². The maximum Gasteiger partial charge on any atom is 0.313 e. The highest BCUT2D eigenvalue weighted by molar-refractivity contribution is 6.34. The van der Waals surface area contributed by atoms with Crippen molar-refractivity contribution < 1.29 is 29.0 Å². The first-order valence-electron chi connectivity index (χ1n) is 12.0. The van der Waals surface area contributed by atoms with E-state index >= 15 is 0 Å². The van der Waals surface area contributed by atoms with Gasteiger partial charge in [-0.2, -0.15) is 0 Å². The Balaban J connectivity index is 1.63. The Kier molecular flexibility index (Phi) is 6.23. The number of halogens is 1. The van der Waals surface area contributed by atoms with Crippen LogP contribution in [0.4, 0.5) is 5.69 Å². The number of anilines is 1. The average Bonchev–Trinajstić information content (AvgIpc) is 3.14. The molecule has 1 aromatic carbocycles. The number of amides is 2. The van der Waals surface area contributed by atoms with Crippen LogP contribution in [0.5, 0.6) is 0 Å². The van der Waals surface area contributed by atoms with Gasteiger partial charge in [-0.25, -0.2) is 0 Å². The van der Waals surface area contributed by atoms with Crippen LogP contribution in [0.1, 0.15) is 26.2 Å². The molecule has 1 N–H and O–H groups in total. The van der Waals surface area contributed by atoms with Gasteiger partial charge < -0.3 is 24.4 Å². The predicted molar refractivity (Wildman–Crippen MR) is 129 cm³/mol. The second-order valence-corrected chi connectivity index (χ2v) is 10.0. The van der Waals surface area contributed by atoms with Crippen molar-refractivity contribution in [2.75, 3.05) is 31.2 Å². The number of para-hydroxylation sites is 1. The van der Waals surface area contributed by atoms with Gasteiger partial charge in [0.15, 0.2) is 0 Å². The van der Waals surface area contributed by atoms with Gasteiger partial charge >= 0.3 is 5.97 Å². The number of nitrogens with zero attached hydrogens (tertiary/aromatic N) is 2. The minimum absolute atomic E-state index is 0.0187. The third kappa shape index (κ3) is 3.70. The smallest absolute Gasteiger partial charge is 0.313 e. The molecule has 1 aromatic rings. The van der Waals surface area contributed by atoms with Crippen LogP contribution in [-0.4, -0.2) is 71.3 Å². The summed E-state index contributed by atoms with van der Waals surface area (Å²) in [5.41, 5.74) is -1.89. The van der Waals surface area contributed by atoms with Crippen LogP contribution in [0.15, 0.2) is 48.6 Å². The topological polar surface area (TPSA) is 96.4 Å². The molecule has 4 aliphatic rings. The van der Waals surface area contributed by atoms with Gasteiger partial charge in [-0.15, -0.1) is 0 Å². The van der Waals surface area contributed by atoms with Crippen LogP contribution in [-0.2, 0) is 23.9 Å². The second-order valence-electron chi connectivity index (χ2n) is 9.62. The summed E-state index contributed by atoms with van der Waals surface area (Å²) in [5.74, 6) is -2.92. The summed E-state index contributed by atoms with van der Waals surface area (Å²) in [4.78, 5) is 44.5. The van der Waals surface area contributed by atoms with Gasteiger partial charge in [-0.05, 0) is 38.3 Å². The van der Waals surface area contributed by atoms with Gasteiger partial charge in [-0.3, -0.25) is 14.4 Å². The number of carbonyl (C=O) groups excluding carboxylic acids is 3. The summed E-state index contributed by atoms with van der Waals surface area (Å²) in [7, 11) is 0. The molecule has 9 heteroatoms. The molecular weight excluding hydrogens is 472 g/mol. The Morgan fingerprint density at radius 2 is 1.89 bits per heavy atom. The highest BCUT2D eigenvalue weighted by atomic mass is 35.5. The van der Waals surface area contributed by atoms with Gasteiger partial charge in [0.1, 0.15) is 17.6 Å². The van der Waals surface area contributed by atoms with Crippen LogP contribution in [0, 0.1) is 11.8 Å². The number of fused-ring (bicyclic) bond motifs is 2. The molecule has 186 valence electrons. The zero-order valence-corrected chi connectivity index (χ0v) is 20.3. The van der Waals surface area contributed by atoms with E-state index in [-0.39, 0.29) is 38.1 Å². The van der Waals surface area contributed by atoms with Crippen molar-refractivity contribution in [1.82, 2.24) is 4.90 Å². The first-order chi connectivity index (χ1) is 16.8. The Morgan fingerprint density at radius 1 is 1.09 bits per heavy atom. The fraction of sp³-hybridized carbons (Fsp3) is 0.500. The van der Waals surface area contributed by atoms with Crippen molar-refractivity contribution in [3.8, 4) is 0 Å². The first kappa shape index (κ1) is 24.0. The molecule has 2 saturated heterocycles. The molecule has 0 aromatic heterocycles. The molecule has 5 atom stereocenters. The summed E-state index contributed by atoms with van der Waals surface area (Å²) in [6.45, 7) is 2.50. The van der Waals surface area contributed by atoms with E-state index in [9.17, 15) is 19.5 Å². The second kappa shape index (κ2) is 9.08. The monoisotopic (exact) mass is 500 g/mol. The number of benzene rings is 1. The number of unbranched alkanes of at least 4 members (excludes halogenated alkanes) is 1. The Morgan fingerprint density at radius 3 is 2.66 bits per heavy atom. The number of rotatable bonds is 5. The van der Waals surface area contributed by atoms with Crippen molar-refractivity contribution in [2.24, 2.45) is 11.8 Å². The fourth-order valence-corrected chi connectivity index (χ4v) is 6.25. The highest BCUT2D eigenvalue weighted by Gasteiger charge is 2.74. The Bertz CT molecular complexity index is 1110. The average molecular weight is 501 g/mol. The zero-order valence-electron chi connectivity index (χ0n) is 19.6. The number of cyclic esters (lactones) is 1. The molecule has 1 spiro atoms. The van der Waals surface area contributed by atoms with Crippen molar-refractivity contribution in [3.63, 3.8) is 0 Å². The molecule has 2 amide bonds. The van der Waals surface area contributed by atoms with E-state index in [1.807, 2.05) is 18.2 Å². The molecule has 2 fully saturated rings. The SMILES string of the molecule is C[C@@]12C=CCCOC(=O)[C@@H]1[C@H]1C(=O)N(CCCCO)C3C(=O)N(c4ccccc4Cl)CC=C[C@@]31O2. The quantitative estimate of drug-likeness (QED) is 0.379. The number of hydrogen-bond donors (Lipinski definition) is 1. The Labute approximate surface area is 209 Å². The number of ether oxygens (including phenoxy) is 2. The molecule has 35 heavy (non-hydrogen) atoms. The standard InChI is InChI=1S/C26H29ClN2O6/c1-25-11-4-7-16-34-24(33)20(25)19-22(31)29(13-5-6-15-30)21-23(32)28(14-8-12-26(19,21)35-25)18-10-3-2-9-17(18)27/h2-4,8-12,19-21,30H,5-7,13-16H2,1H3/t19-,20-,21?,25+,26-/m0/s1. The van der Waals surface area contributed by atoms with Gasteiger partial charge in [0, 0.05) is 19.7 Å². The van der Waals surface area contributed by atoms with E-state index in [1.165, 1.54) is 4.90 Å². The first-order valence-corrected chi connectivity index (χ1v) is 12.4. The number of likely N-dealkylation sites (tertiary alicyclic amines) is 1. The predicted octanol–water partition coefficient (Wildman–Crippen LogP) is 2.49. The Hall–Kier alpha value is -2.68. The van der Waals surface area contributed by atoms with Crippen LogP contribution in [0.3, 0.4) is 0 Å². The molecule has 4 heterocycles. The number of aliphatic hydroxyl groups excluding tert-OH is 1. The van der Waals surface area contributed by atoms with E-state index < -0.39 is 35.0 Å². The summed E-state index contributed by atoms with van der Waals surface area (Å²) < 4.78 is 12.2. The lowest BCUT2D eigenvalue weighted by molar-refractivity contribution is -0.159. The van der Waals surface area contributed by atoms with Crippen LogP contribution >= 0.6 is 11.6 Å². The molecule has 0 saturated carbocycles. The minimum Gasteiger partial charge on any atom is -0.465 e. The van der Waals surface area contributed by atoms with Gasteiger partial charge in [0.05, 0.1) is 28.8 Å². The maximum atomic E-state index is 14.2. The van der Waals surface area contributed by atoms with Crippen molar-refractivity contribution in [3.05, 3.63) is 53.6 Å². The molecule has 5 rings (SSSR count). The van der Waals surface area contributed by atoms with E-state index in [1.54, 1.807) is 42.2 Å². The molecule has 0 aliphatic carbocycles. The van der Waals surface area contributed by atoms with Crippen LogP contribution in [0.25, 0.3) is 0 Å².